The number of Topliss-reactive ketones (excluding diaryl/α,β-unsaturated/α-hetero) is 1. The van der Waals surface area contributed by atoms with E-state index in [-0.39, 0.29) is 18.1 Å². The number of aromatic nitrogens is 2. The fourth-order valence-electron chi connectivity index (χ4n) is 1.35. The largest absolute Gasteiger partial charge is 0.385 e. The predicted octanol–water partition coefficient (Wildman–Crippen LogP) is 1.03. The third kappa shape index (κ3) is 3.16. The molecule has 0 bridgehead atoms. The van der Waals surface area contributed by atoms with Crippen molar-refractivity contribution in [2.45, 2.75) is 39.8 Å². The minimum atomic E-state index is -0.866. The molecule has 1 aromatic heterocycles. The number of hydrogen-bond acceptors (Lipinski definition) is 3. The maximum absolute atomic E-state index is 11.6. The summed E-state index contributed by atoms with van der Waals surface area (Å²) in [4.78, 5) is 11.6. The van der Waals surface area contributed by atoms with Crippen LogP contribution in [0.15, 0.2) is 12.4 Å². The maximum atomic E-state index is 11.6. The Labute approximate surface area is 89.9 Å². The number of carbonyl (C=O) groups excluding carboxylic acids is 1. The molecule has 1 unspecified atom stereocenters. The fourth-order valence-corrected chi connectivity index (χ4v) is 1.35. The van der Waals surface area contributed by atoms with Gasteiger partial charge >= 0.3 is 0 Å². The van der Waals surface area contributed by atoms with Gasteiger partial charge in [-0.25, -0.2) is 0 Å². The molecule has 15 heavy (non-hydrogen) atoms. The number of nitrogens with zero attached hydrogens (tertiary/aromatic N) is 2. The SMILES string of the molecule is CCn1cc(CC(=O)C(O)C(C)C)cn1. The van der Waals surface area contributed by atoms with Gasteiger partial charge in [-0.1, -0.05) is 13.8 Å². The second-order valence-corrected chi connectivity index (χ2v) is 4.04. The van der Waals surface area contributed by atoms with Crippen molar-refractivity contribution in [1.82, 2.24) is 9.78 Å². The Kier molecular flexibility index (Phi) is 4.03. The lowest BCUT2D eigenvalue weighted by Gasteiger charge is -2.11. The molecule has 0 aliphatic heterocycles. The van der Waals surface area contributed by atoms with Crippen LogP contribution in [0.2, 0.25) is 0 Å². The average Bonchev–Trinajstić information content (AvgIpc) is 2.64. The second kappa shape index (κ2) is 5.07. The van der Waals surface area contributed by atoms with Gasteiger partial charge in [0, 0.05) is 19.2 Å². The Morgan fingerprint density at radius 2 is 2.27 bits per heavy atom. The van der Waals surface area contributed by atoms with E-state index in [4.69, 9.17) is 0 Å². The lowest BCUT2D eigenvalue weighted by atomic mass is 9.99. The summed E-state index contributed by atoms with van der Waals surface area (Å²) in [6.07, 6.45) is 2.91. The zero-order chi connectivity index (χ0) is 11.4. The summed E-state index contributed by atoms with van der Waals surface area (Å²) in [5.74, 6) is -0.167. The van der Waals surface area contributed by atoms with Crippen LogP contribution >= 0.6 is 0 Å². The van der Waals surface area contributed by atoms with Crippen LogP contribution in [0.4, 0.5) is 0 Å². The van der Waals surface area contributed by atoms with Gasteiger partial charge in [-0.2, -0.15) is 5.10 Å². The van der Waals surface area contributed by atoms with Crippen LogP contribution in [-0.4, -0.2) is 26.8 Å². The highest BCUT2D eigenvalue weighted by Crippen LogP contribution is 2.07. The maximum Gasteiger partial charge on any atom is 0.165 e. The highest BCUT2D eigenvalue weighted by atomic mass is 16.3. The van der Waals surface area contributed by atoms with Crippen LogP contribution in [0.25, 0.3) is 0 Å². The van der Waals surface area contributed by atoms with Crippen LogP contribution in [0.5, 0.6) is 0 Å². The number of rotatable bonds is 5. The molecule has 1 heterocycles. The van der Waals surface area contributed by atoms with Gasteiger partial charge < -0.3 is 5.11 Å². The smallest absolute Gasteiger partial charge is 0.165 e. The fraction of sp³-hybridized carbons (Fsp3) is 0.636. The molecule has 0 fully saturated rings. The molecule has 1 atom stereocenters. The monoisotopic (exact) mass is 210 g/mol. The summed E-state index contributed by atoms with van der Waals surface area (Å²) < 4.78 is 1.77. The van der Waals surface area contributed by atoms with E-state index in [9.17, 15) is 9.90 Å². The number of carbonyl (C=O) groups is 1. The van der Waals surface area contributed by atoms with Crippen molar-refractivity contribution >= 4 is 5.78 Å². The van der Waals surface area contributed by atoms with Gasteiger partial charge in [0.15, 0.2) is 5.78 Å². The molecule has 0 spiro atoms. The van der Waals surface area contributed by atoms with Crippen molar-refractivity contribution < 1.29 is 9.90 Å². The van der Waals surface area contributed by atoms with Crippen LogP contribution in [-0.2, 0) is 17.8 Å². The number of ketones is 1. The molecule has 0 aliphatic carbocycles. The van der Waals surface area contributed by atoms with Gasteiger partial charge in [0.05, 0.1) is 6.20 Å². The first kappa shape index (κ1) is 11.9. The highest BCUT2D eigenvalue weighted by Gasteiger charge is 2.19. The van der Waals surface area contributed by atoms with Gasteiger partial charge in [0.2, 0.25) is 0 Å². The van der Waals surface area contributed by atoms with Gasteiger partial charge in [0.1, 0.15) is 6.10 Å². The van der Waals surface area contributed by atoms with Crippen molar-refractivity contribution in [1.29, 1.82) is 0 Å². The van der Waals surface area contributed by atoms with E-state index < -0.39 is 6.10 Å². The third-order valence-corrected chi connectivity index (χ3v) is 2.35. The summed E-state index contributed by atoms with van der Waals surface area (Å²) in [7, 11) is 0. The van der Waals surface area contributed by atoms with Crippen molar-refractivity contribution in [3.8, 4) is 0 Å². The number of aliphatic hydroxyl groups is 1. The summed E-state index contributed by atoms with van der Waals surface area (Å²) in [6, 6.07) is 0. The molecule has 0 aliphatic rings. The lowest BCUT2D eigenvalue weighted by molar-refractivity contribution is -0.128. The Balaban J connectivity index is 2.58. The molecular formula is C11H18N2O2. The minimum absolute atomic E-state index is 0.0290. The predicted molar refractivity (Wildman–Crippen MR) is 57.5 cm³/mol. The molecule has 0 aromatic carbocycles. The van der Waals surface area contributed by atoms with Gasteiger partial charge in [-0.3, -0.25) is 9.48 Å². The molecule has 84 valence electrons. The molecule has 4 nitrogen and oxygen atoms in total. The van der Waals surface area contributed by atoms with E-state index in [1.165, 1.54) is 0 Å². The average molecular weight is 210 g/mol. The van der Waals surface area contributed by atoms with Crippen molar-refractivity contribution in [3.63, 3.8) is 0 Å². The number of hydrogen-bond donors (Lipinski definition) is 1. The van der Waals surface area contributed by atoms with E-state index in [0.29, 0.717) is 0 Å². The number of aliphatic hydroxyl groups excluding tert-OH is 1. The first-order valence-electron chi connectivity index (χ1n) is 5.26. The summed E-state index contributed by atoms with van der Waals surface area (Å²) in [5, 5.41) is 13.6. The third-order valence-electron chi connectivity index (χ3n) is 2.35. The van der Waals surface area contributed by atoms with E-state index in [0.717, 1.165) is 12.1 Å². The number of aryl methyl sites for hydroxylation is 1. The molecular weight excluding hydrogens is 192 g/mol. The molecule has 0 saturated heterocycles. The van der Waals surface area contributed by atoms with Gasteiger partial charge in [-0.05, 0) is 18.4 Å². The van der Waals surface area contributed by atoms with Crippen LogP contribution < -0.4 is 0 Å². The summed E-state index contributed by atoms with van der Waals surface area (Å²) >= 11 is 0. The first-order valence-corrected chi connectivity index (χ1v) is 5.26. The van der Waals surface area contributed by atoms with Gasteiger partial charge in [-0.15, -0.1) is 0 Å². The van der Waals surface area contributed by atoms with Crippen LogP contribution in [0.3, 0.4) is 0 Å². The second-order valence-electron chi connectivity index (χ2n) is 4.04. The van der Waals surface area contributed by atoms with E-state index in [1.807, 2.05) is 27.0 Å². The first-order chi connectivity index (χ1) is 7.04. The van der Waals surface area contributed by atoms with E-state index in [2.05, 4.69) is 5.10 Å². The Morgan fingerprint density at radius 3 is 2.73 bits per heavy atom. The Bertz CT molecular complexity index is 331. The molecule has 1 N–H and O–H groups in total. The van der Waals surface area contributed by atoms with Crippen LogP contribution in [0.1, 0.15) is 26.3 Å². The summed E-state index contributed by atoms with van der Waals surface area (Å²) in [5.41, 5.74) is 0.863. The van der Waals surface area contributed by atoms with Gasteiger partial charge in [0.25, 0.3) is 0 Å². The van der Waals surface area contributed by atoms with Crippen molar-refractivity contribution in [2.75, 3.05) is 0 Å². The molecule has 0 amide bonds. The Morgan fingerprint density at radius 1 is 1.60 bits per heavy atom. The standard InChI is InChI=1S/C11H18N2O2/c1-4-13-7-9(6-12-13)5-10(14)11(15)8(2)3/h6-8,11,15H,4-5H2,1-3H3. The normalized spacial score (nSPS) is 13.1. The van der Waals surface area contributed by atoms with Crippen molar-refractivity contribution in [3.05, 3.63) is 18.0 Å². The zero-order valence-corrected chi connectivity index (χ0v) is 9.47. The topological polar surface area (TPSA) is 55.1 Å². The zero-order valence-electron chi connectivity index (χ0n) is 9.47. The molecule has 0 saturated carbocycles. The molecule has 1 rings (SSSR count). The van der Waals surface area contributed by atoms with E-state index in [1.54, 1.807) is 10.9 Å². The summed E-state index contributed by atoms with van der Waals surface area (Å²) in [6.45, 7) is 6.44. The molecule has 1 aromatic rings. The van der Waals surface area contributed by atoms with E-state index >= 15 is 0 Å². The Hall–Kier alpha value is -1.16. The highest BCUT2D eigenvalue weighted by molar-refractivity contribution is 5.85. The van der Waals surface area contributed by atoms with Crippen LogP contribution in [0, 0.1) is 5.92 Å². The van der Waals surface area contributed by atoms with Crippen molar-refractivity contribution in [2.24, 2.45) is 5.92 Å². The lowest BCUT2D eigenvalue weighted by Crippen LogP contribution is -2.27. The minimum Gasteiger partial charge on any atom is -0.385 e. The quantitative estimate of drug-likeness (QED) is 0.789. The molecule has 0 radical (unpaired) electrons. The molecule has 4 heteroatoms.